The third-order valence-corrected chi connectivity index (χ3v) is 21.3. The van der Waals surface area contributed by atoms with Crippen molar-refractivity contribution in [2.75, 3.05) is 65.4 Å². The summed E-state index contributed by atoms with van der Waals surface area (Å²) in [5.41, 5.74) is 10.0. The summed E-state index contributed by atoms with van der Waals surface area (Å²) in [5.74, 6) is -0.810. The van der Waals surface area contributed by atoms with Crippen LogP contribution in [0, 0.1) is 20.2 Å². The number of nitrogens with one attached hydrogen (secondary N) is 2. The van der Waals surface area contributed by atoms with Crippen LogP contribution < -0.4 is 43.6 Å². The Hall–Kier alpha value is -8.99. The molecule has 2 heterocycles. The molecular formula is C74H78Cl3LiN6O20P2. The molecule has 2 N–H and O–H groups in total. The summed E-state index contributed by atoms with van der Waals surface area (Å²) in [7, 11) is -0.795. The summed E-state index contributed by atoms with van der Waals surface area (Å²) in [4.78, 5) is 71.5. The van der Waals surface area contributed by atoms with Crippen molar-refractivity contribution < 1.29 is 103 Å². The van der Waals surface area contributed by atoms with Crippen LogP contribution in [-0.4, -0.2) is 121 Å². The van der Waals surface area contributed by atoms with Gasteiger partial charge in [0.1, 0.15) is 72.2 Å². The fraction of sp³-hybridized carbons (Fsp3) is 0.297. The van der Waals surface area contributed by atoms with Crippen LogP contribution in [0.3, 0.4) is 0 Å². The topological polar surface area (TPSA) is 333 Å². The van der Waals surface area contributed by atoms with E-state index < -0.39 is 73.2 Å². The van der Waals surface area contributed by atoms with Crippen LogP contribution in [0.4, 0.5) is 21.4 Å². The molecule has 0 fully saturated rings. The number of hydrogen-bond acceptors (Lipinski definition) is 20. The predicted octanol–water partition coefficient (Wildman–Crippen LogP) is 12.6. The minimum absolute atomic E-state index is 0. The zero-order valence-corrected chi connectivity index (χ0v) is 62.4. The first-order valence-corrected chi connectivity index (χ1v) is 38.1. The molecule has 10 rings (SSSR count). The molecule has 4 unspecified atom stereocenters. The fourth-order valence-electron chi connectivity index (χ4n) is 11.1. The molecule has 32 heteroatoms. The Morgan fingerprint density at radius 2 is 0.925 bits per heavy atom. The second-order valence-electron chi connectivity index (χ2n) is 23.6. The summed E-state index contributed by atoms with van der Waals surface area (Å²) in [5, 5.41) is 36.3. The van der Waals surface area contributed by atoms with E-state index in [2.05, 4.69) is 40.3 Å². The van der Waals surface area contributed by atoms with Gasteiger partial charge in [-0.2, -0.15) is 0 Å². The summed E-state index contributed by atoms with van der Waals surface area (Å²) >= 11 is 17.7. The van der Waals surface area contributed by atoms with Crippen molar-refractivity contribution in [1.82, 2.24) is 20.0 Å². The first kappa shape index (κ1) is 84.3. The van der Waals surface area contributed by atoms with Crippen LogP contribution in [0.5, 0.6) is 11.5 Å². The SMILES string of the molecule is C=CCOC(=O)C(Cc1ccc(OP(=O)(Cl)N(C)CCCCCl)cc1)NC(=O)OCC1c2ccccc2-c2ccccc21.C=CCOC(=O)C(Cc1ccc(OP(=O)(OCc2ccc([N+](=O)[O-])o2)N(C)CCCCCl)cc1)NC(=O)OCC1c2ccccc2-c2ccccc21.O=[N+]([O-])c1ccc(C[O-])o1.[Li+]. The van der Waals surface area contributed by atoms with Crippen LogP contribution in [-0.2, 0) is 68.2 Å². The second-order valence-corrected chi connectivity index (χ2v) is 29.5. The molecular weight excluding hydrogens is 1470 g/mol. The molecule has 26 nitrogen and oxygen atoms in total. The summed E-state index contributed by atoms with van der Waals surface area (Å²) in [6, 6.07) is 47.9. The van der Waals surface area contributed by atoms with Gasteiger partial charge in [-0.1, -0.05) is 153 Å². The van der Waals surface area contributed by atoms with Crippen molar-refractivity contribution in [2.45, 2.75) is 75.7 Å². The first-order chi connectivity index (χ1) is 50.6. The Morgan fingerprint density at radius 1 is 0.547 bits per heavy atom. The van der Waals surface area contributed by atoms with Gasteiger partial charge in [0.2, 0.25) is 0 Å². The molecule has 6 aromatic carbocycles. The molecule has 0 bridgehead atoms. The molecule has 556 valence electrons. The molecule has 2 aromatic heterocycles. The quantitative estimate of drug-likeness (QED) is 0.00424. The van der Waals surface area contributed by atoms with Crippen molar-refractivity contribution in [3.63, 3.8) is 0 Å². The Kier molecular flexibility index (Phi) is 33.2. The molecule has 0 saturated heterocycles. The number of esters is 2. The minimum atomic E-state index is -4.00. The number of alkyl halides is 2. The van der Waals surface area contributed by atoms with Crippen LogP contribution in [0.1, 0.15) is 82.4 Å². The van der Waals surface area contributed by atoms with Gasteiger partial charge in [0.05, 0.1) is 17.9 Å². The molecule has 2 aliphatic carbocycles. The smallest absolute Gasteiger partial charge is 0.849 e. The third kappa shape index (κ3) is 24.0. The number of furan rings is 2. The number of unbranched alkanes of at least 4 members (excludes halogenated alkanes) is 2. The van der Waals surface area contributed by atoms with E-state index in [1.807, 2.05) is 84.9 Å². The van der Waals surface area contributed by atoms with Crippen molar-refractivity contribution in [1.29, 1.82) is 0 Å². The Labute approximate surface area is 639 Å². The first-order valence-electron chi connectivity index (χ1n) is 33.1. The maximum absolute atomic E-state index is 14.0. The van der Waals surface area contributed by atoms with E-state index in [4.69, 9.17) is 71.4 Å². The summed E-state index contributed by atoms with van der Waals surface area (Å²) < 4.78 is 78.3. The van der Waals surface area contributed by atoms with Gasteiger partial charge in [0.25, 0.3) is 0 Å². The number of amides is 2. The van der Waals surface area contributed by atoms with Gasteiger partial charge in [0, 0.05) is 60.8 Å². The zero-order valence-electron chi connectivity index (χ0n) is 58.3. The number of nitrogens with zero attached hydrogens (tertiary/aromatic N) is 4. The zero-order chi connectivity index (χ0) is 75.5. The number of carbonyl (C=O) groups is 4. The number of fused-ring (bicyclic) bond motifs is 6. The summed E-state index contributed by atoms with van der Waals surface area (Å²) in [6.45, 7) is 3.59. The number of rotatable bonds is 36. The molecule has 0 radical (unpaired) electrons. The van der Waals surface area contributed by atoms with E-state index in [0.29, 0.717) is 54.6 Å². The van der Waals surface area contributed by atoms with Crippen LogP contribution >= 0.6 is 49.1 Å². The van der Waals surface area contributed by atoms with Crippen LogP contribution in [0.15, 0.2) is 204 Å². The molecule has 4 atom stereocenters. The van der Waals surface area contributed by atoms with Crippen molar-refractivity contribution >= 4 is 85.0 Å². The number of nitro groups is 2. The van der Waals surface area contributed by atoms with Gasteiger partial charge in [-0.3, -0.25) is 24.8 Å². The molecule has 2 aliphatic rings. The average Bonchev–Trinajstić information content (AvgIpc) is 1.62. The number of alkyl carbamates (subject to hydrolysis) is 2. The Bertz CT molecular complexity index is 4290. The monoisotopic (exact) mass is 1540 g/mol. The molecule has 2 amide bonds. The number of halogens is 3. The van der Waals surface area contributed by atoms with E-state index in [-0.39, 0.29) is 99.7 Å². The van der Waals surface area contributed by atoms with E-state index in [0.717, 1.165) is 63.4 Å². The predicted molar refractivity (Wildman–Crippen MR) is 393 cm³/mol. The normalized spacial score (nSPS) is 13.4. The maximum atomic E-state index is 14.0. The third-order valence-electron chi connectivity index (χ3n) is 16.4. The molecule has 0 spiro atoms. The standard InChI is InChI=1S/C37H39ClN3O10P.C32H35Cl2N2O6P.C5H4NO4.Li/c1-3-22-47-36(42)34(39-37(43)48-25-33-31-12-6-4-10-29(31)30-11-5-7-13-32(30)33)23-26-14-16-27(17-15-26)51-52(46,40(2)21-9-8-20-38)49-24-28-18-19-35(50-28)41(44)45;1-3-20-40-31(37)30(21-23-14-16-24(17-15-23)42-43(34,39)36(2)19-9-8-18-33)35-32(38)41-22-29-27-12-6-4-10-25(27)26-11-5-7-13-28(26)29;7-3-4-1-2-5(10-4)6(8)9;/h3-7,10-19,33-34H,1,8-9,20-25H2,2H3,(H,39,43);3-7,10-17,29-30H,1,8-9,18-22H2,2H3,(H,35,38);1-2H,3H2;/q;;-1;+1. The maximum Gasteiger partial charge on any atom is 1.00 e. The molecule has 8 aromatic rings. The van der Waals surface area contributed by atoms with Gasteiger partial charge in [0.15, 0.2) is 0 Å². The van der Waals surface area contributed by atoms with E-state index in [1.165, 1.54) is 39.7 Å². The minimum Gasteiger partial charge on any atom is -0.849 e. The summed E-state index contributed by atoms with van der Waals surface area (Å²) in [6.07, 6.45) is 4.33. The largest absolute Gasteiger partial charge is 1.00 e. The Morgan fingerprint density at radius 3 is 1.29 bits per heavy atom. The number of benzene rings is 6. The van der Waals surface area contributed by atoms with Crippen molar-refractivity contribution in [2.24, 2.45) is 0 Å². The van der Waals surface area contributed by atoms with E-state index >= 15 is 0 Å². The molecule has 0 aliphatic heterocycles. The number of hydrogen-bond donors (Lipinski definition) is 2. The molecule has 0 saturated carbocycles. The van der Waals surface area contributed by atoms with Crippen LogP contribution in [0.2, 0.25) is 0 Å². The number of carbonyl (C=O) groups excluding carboxylic acids is 4. The van der Waals surface area contributed by atoms with Gasteiger partial charge in [-0.25, -0.2) is 37.6 Å². The molecule has 106 heavy (non-hydrogen) atoms. The van der Waals surface area contributed by atoms with Gasteiger partial charge >= 0.3 is 69.4 Å². The Balaban J connectivity index is 0.000000262. The number of ether oxygens (including phenoxy) is 4. The van der Waals surface area contributed by atoms with Gasteiger partial charge in [-0.15, -0.1) is 23.2 Å². The van der Waals surface area contributed by atoms with Crippen molar-refractivity contribution in [3.05, 3.63) is 260 Å². The van der Waals surface area contributed by atoms with Crippen LogP contribution in [0.25, 0.3) is 22.3 Å². The second kappa shape index (κ2) is 41.8. The average molecular weight is 1550 g/mol. The van der Waals surface area contributed by atoms with Gasteiger partial charge < -0.3 is 52.6 Å². The van der Waals surface area contributed by atoms with Gasteiger partial charge in [-0.05, 0) is 132 Å². The van der Waals surface area contributed by atoms with Crippen molar-refractivity contribution in [3.8, 4) is 33.8 Å². The van der Waals surface area contributed by atoms with E-state index in [9.17, 15) is 53.6 Å². The fourth-order valence-corrected chi connectivity index (χ4v) is 14.3. The van der Waals surface area contributed by atoms with E-state index in [1.54, 1.807) is 62.6 Å².